The molecule has 0 aromatic heterocycles. The third kappa shape index (κ3) is 2.51. The van der Waals surface area contributed by atoms with Crippen LogP contribution in [0.2, 0.25) is 0 Å². The van der Waals surface area contributed by atoms with Crippen LogP contribution in [-0.4, -0.2) is 43.0 Å². The van der Waals surface area contributed by atoms with E-state index >= 15 is 0 Å². The second-order valence-electron chi connectivity index (χ2n) is 3.97. The van der Waals surface area contributed by atoms with Crippen molar-refractivity contribution in [3.8, 4) is 0 Å². The molecule has 2 heterocycles. The molecule has 1 atom stereocenters. The molecule has 0 amide bonds. The van der Waals surface area contributed by atoms with Gasteiger partial charge in [-0.1, -0.05) is 0 Å². The summed E-state index contributed by atoms with van der Waals surface area (Å²) in [4.78, 5) is 13.3. The largest absolute Gasteiger partial charge is 0.377 e. The summed E-state index contributed by atoms with van der Waals surface area (Å²) in [5.41, 5.74) is 0. The lowest BCUT2D eigenvalue weighted by atomic mass is 10.1. The molecule has 3 heteroatoms. The number of nitrogens with zero attached hydrogens (tertiary/aromatic N) is 1. The summed E-state index contributed by atoms with van der Waals surface area (Å²) in [5, 5.41) is 0. The first-order valence-corrected chi connectivity index (χ1v) is 5.20. The van der Waals surface area contributed by atoms with Gasteiger partial charge < -0.3 is 4.74 Å². The predicted molar refractivity (Wildman–Crippen MR) is 49.7 cm³/mol. The Morgan fingerprint density at radius 3 is 2.77 bits per heavy atom. The number of ketones is 1. The van der Waals surface area contributed by atoms with Crippen LogP contribution in [0.5, 0.6) is 0 Å². The molecule has 2 saturated heterocycles. The van der Waals surface area contributed by atoms with Gasteiger partial charge in [0.05, 0.1) is 6.10 Å². The van der Waals surface area contributed by atoms with Crippen LogP contribution in [0.15, 0.2) is 0 Å². The van der Waals surface area contributed by atoms with Gasteiger partial charge in [-0.25, -0.2) is 0 Å². The third-order valence-corrected chi connectivity index (χ3v) is 2.90. The molecule has 0 radical (unpaired) electrons. The van der Waals surface area contributed by atoms with Gasteiger partial charge in [0, 0.05) is 39.1 Å². The molecule has 13 heavy (non-hydrogen) atoms. The summed E-state index contributed by atoms with van der Waals surface area (Å²) in [7, 11) is 0. The Kier molecular flexibility index (Phi) is 2.96. The van der Waals surface area contributed by atoms with E-state index in [-0.39, 0.29) is 0 Å². The van der Waals surface area contributed by atoms with Gasteiger partial charge in [-0.15, -0.1) is 0 Å². The highest BCUT2D eigenvalue weighted by Crippen LogP contribution is 2.15. The van der Waals surface area contributed by atoms with E-state index in [0.29, 0.717) is 11.9 Å². The maximum absolute atomic E-state index is 11.0. The lowest BCUT2D eigenvalue weighted by molar-refractivity contribution is -0.121. The zero-order valence-corrected chi connectivity index (χ0v) is 8.00. The lowest BCUT2D eigenvalue weighted by Gasteiger charge is -2.27. The molecule has 2 rings (SSSR count). The highest BCUT2D eigenvalue weighted by molar-refractivity contribution is 5.79. The van der Waals surface area contributed by atoms with Gasteiger partial charge in [0.15, 0.2) is 0 Å². The second-order valence-corrected chi connectivity index (χ2v) is 3.97. The average molecular weight is 183 g/mol. The first-order valence-electron chi connectivity index (χ1n) is 5.20. The second kappa shape index (κ2) is 4.20. The Labute approximate surface area is 79.0 Å². The Morgan fingerprint density at radius 1 is 1.38 bits per heavy atom. The van der Waals surface area contributed by atoms with Crippen LogP contribution in [0.1, 0.15) is 25.7 Å². The molecule has 74 valence electrons. The maximum Gasteiger partial charge on any atom is 0.135 e. The van der Waals surface area contributed by atoms with Gasteiger partial charge in [0.1, 0.15) is 5.78 Å². The number of rotatable bonds is 2. The van der Waals surface area contributed by atoms with Gasteiger partial charge in [0.2, 0.25) is 0 Å². The quantitative estimate of drug-likeness (QED) is 0.635. The van der Waals surface area contributed by atoms with Crippen LogP contribution in [0.4, 0.5) is 0 Å². The molecule has 0 saturated carbocycles. The minimum absolute atomic E-state index is 0.420. The number of Topliss-reactive ketones (excluding diaryl/α,β-unsaturated/α-hetero) is 1. The van der Waals surface area contributed by atoms with Crippen molar-refractivity contribution in [2.24, 2.45) is 0 Å². The lowest BCUT2D eigenvalue weighted by Crippen LogP contribution is -2.38. The molecular weight excluding hydrogens is 166 g/mol. The van der Waals surface area contributed by atoms with Gasteiger partial charge in [-0.05, 0) is 12.8 Å². The number of ether oxygens (including phenoxy) is 1. The number of likely N-dealkylation sites (tertiary alicyclic amines) is 1. The Hall–Kier alpha value is -0.410. The zero-order chi connectivity index (χ0) is 9.10. The molecule has 0 aromatic carbocycles. The van der Waals surface area contributed by atoms with E-state index in [1.807, 2.05) is 0 Å². The first-order chi connectivity index (χ1) is 6.34. The number of hydrogen-bond acceptors (Lipinski definition) is 3. The van der Waals surface area contributed by atoms with Crippen LogP contribution in [-0.2, 0) is 9.53 Å². The third-order valence-electron chi connectivity index (χ3n) is 2.90. The fourth-order valence-corrected chi connectivity index (χ4v) is 2.06. The Bertz CT molecular complexity index is 177. The topological polar surface area (TPSA) is 29.5 Å². The monoisotopic (exact) mass is 183 g/mol. The number of piperidine rings is 1. The fraction of sp³-hybridized carbons (Fsp3) is 0.900. The summed E-state index contributed by atoms with van der Waals surface area (Å²) < 4.78 is 5.56. The summed E-state index contributed by atoms with van der Waals surface area (Å²) >= 11 is 0. The molecule has 2 aliphatic rings. The van der Waals surface area contributed by atoms with Gasteiger partial charge in [-0.3, -0.25) is 9.69 Å². The summed E-state index contributed by atoms with van der Waals surface area (Å²) in [5.74, 6) is 0.420. The van der Waals surface area contributed by atoms with Crippen molar-refractivity contribution < 1.29 is 9.53 Å². The SMILES string of the molecule is O=C1CCN(C[C@H]2CCCO2)CC1. The van der Waals surface area contributed by atoms with Gasteiger partial charge >= 0.3 is 0 Å². The molecule has 0 spiro atoms. The van der Waals surface area contributed by atoms with Crippen LogP contribution < -0.4 is 0 Å². The number of hydrogen-bond donors (Lipinski definition) is 0. The molecule has 2 fully saturated rings. The van der Waals surface area contributed by atoms with Crippen LogP contribution in [0.3, 0.4) is 0 Å². The average Bonchev–Trinajstić information content (AvgIpc) is 2.62. The van der Waals surface area contributed by atoms with E-state index in [4.69, 9.17) is 4.74 Å². The zero-order valence-electron chi connectivity index (χ0n) is 8.00. The summed E-state index contributed by atoms with van der Waals surface area (Å²) in [6, 6.07) is 0. The van der Waals surface area contributed by atoms with Gasteiger partial charge in [-0.2, -0.15) is 0 Å². The van der Waals surface area contributed by atoms with E-state index in [9.17, 15) is 4.79 Å². The molecule has 3 nitrogen and oxygen atoms in total. The van der Waals surface area contributed by atoms with Crippen LogP contribution >= 0.6 is 0 Å². The minimum atomic E-state index is 0.420. The molecular formula is C10H17NO2. The number of carbonyl (C=O) groups is 1. The highest BCUT2D eigenvalue weighted by Gasteiger charge is 2.22. The maximum atomic E-state index is 11.0. The molecule has 0 aliphatic carbocycles. The molecule has 2 aliphatic heterocycles. The van der Waals surface area contributed by atoms with Crippen molar-refractivity contribution in [3.63, 3.8) is 0 Å². The molecule has 0 bridgehead atoms. The van der Waals surface area contributed by atoms with E-state index in [1.165, 1.54) is 12.8 Å². The standard InChI is InChI=1S/C10H17NO2/c12-9-3-5-11(6-4-9)8-10-2-1-7-13-10/h10H,1-8H2/t10-/m1/s1. The normalized spacial score (nSPS) is 31.1. The van der Waals surface area contributed by atoms with E-state index in [1.54, 1.807) is 0 Å². The van der Waals surface area contributed by atoms with E-state index in [2.05, 4.69) is 4.90 Å². The van der Waals surface area contributed by atoms with Crippen LogP contribution in [0, 0.1) is 0 Å². The number of carbonyl (C=O) groups excluding carboxylic acids is 1. The minimum Gasteiger partial charge on any atom is -0.377 e. The van der Waals surface area contributed by atoms with Crippen molar-refractivity contribution in [1.29, 1.82) is 0 Å². The smallest absolute Gasteiger partial charge is 0.135 e. The Morgan fingerprint density at radius 2 is 2.15 bits per heavy atom. The van der Waals surface area contributed by atoms with E-state index < -0.39 is 0 Å². The van der Waals surface area contributed by atoms with Crippen molar-refractivity contribution in [2.75, 3.05) is 26.2 Å². The molecule has 0 unspecified atom stereocenters. The predicted octanol–water partition coefficient (Wildman–Crippen LogP) is 0.830. The van der Waals surface area contributed by atoms with Crippen molar-refractivity contribution >= 4 is 5.78 Å². The van der Waals surface area contributed by atoms with Crippen molar-refractivity contribution in [1.82, 2.24) is 4.90 Å². The summed E-state index contributed by atoms with van der Waals surface area (Å²) in [6.07, 6.45) is 4.33. The van der Waals surface area contributed by atoms with E-state index in [0.717, 1.165) is 39.1 Å². The fourth-order valence-electron chi connectivity index (χ4n) is 2.06. The van der Waals surface area contributed by atoms with Gasteiger partial charge in [0.25, 0.3) is 0 Å². The van der Waals surface area contributed by atoms with Crippen molar-refractivity contribution in [2.45, 2.75) is 31.8 Å². The molecule has 0 N–H and O–H groups in total. The van der Waals surface area contributed by atoms with Crippen LogP contribution in [0.25, 0.3) is 0 Å². The first kappa shape index (κ1) is 9.16. The van der Waals surface area contributed by atoms with Crippen molar-refractivity contribution in [3.05, 3.63) is 0 Å². The summed E-state index contributed by atoms with van der Waals surface area (Å²) in [6.45, 7) is 3.85. The Balaban J connectivity index is 1.72. The highest BCUT2D eigenvalue weighted by atomic mass is 16.5. The molecule has 0 aromatic rings.